The molecule has 0 saturated carbocycles. The SMILES string of the molecule is COC(=O)C(=C(/C)c1cc(OC)cc(OC)c1)/C(=C\c1ccccc1)C(=O)Nc1cccnc1. The Morgan fingerprint density at radius 1 is 0.912 bits per heavy atom. The van der Waals surface area contributed by atoms with Crippen LogP contribution in [0, 0.1) is 0 Å². The minimum absolute atomic E-state index is 0.114. The lowest BCUT2D eigenvalue weighted by Crippen LogP contribution is -2.21. The molecule has 0 radical (unpaired) electrons. The molecule has 2 aromatic carbocycles. The van der Waals surface area contributed by atoms with Gasteiger partial charge in [-0.15, -0.1) is 0 Å². The monoisotopic (exact) mass is 458 g/mol. The second kappa shape index (κ2) is 11.5. The van der Waals surface area contributed by atoms with Crippen LogP contribution in [0.4, 0.5) is 5.69 Å². The number of aromatic nitrogens is 1. The molecule has 174 valence electrons. The van der Waals surface area contributed by atoms with E-state index in [9.17, 15) is 9.59 Å². The van der Waals surface area contributed by atoms with Crippen LogP contribution in [0.25, 0.3) is 11.6 Å². The Bertz CT molecular complexity index is 1200. The maximum absolute atomic E-state index is 13.5. The molecule has 1 aromatic heterocycles. The van der Waals surface area contributed by atoms with E-state index in [1.54, 1.807) is 63.7 Å². The molecule has 0 bridgehead atoms. The number of nitrogens with one attached hydrogen (secondary N) is 1. The van der Waals surface area contributed by atoms with Crippen LogP contribution >= 0.6 is 0 Å². The quantitative estimate of drug-likeness (QED) is 0.297. The number of carbonyl (C=O) groups excluding carboxylic acids is 2. The average molecular weight is 459 g/mol. The summed E-state index contributed by atoms with van der Waals surface area (Å²) in [5, 5.41) is 2.81. The zero-order chi connectivity index (χ0) is 24.5. The van der Waals surface area contributed by atoms with E-state index in [2.05, 4.69) is 10.3 Å². The summed E-state index contributed by atoms with van der Waals surface area (Å²) in [6.07, 6.45) is 4.79. The molecule has 1 N–H and O–H groups in total. The largest absolute Gasteiger partial charge is 0.497 e. The van der Waals surface area contributed by atoms with E-state index < -0.39 is 11.9 Å². The number of rotatable bonds is 8. The third kappa shape index (κ3) is 5.89. The van der Waals surface area contributed by atoms with Crippen molar-refractivity contribution in [2.24, 2.45) is 0 Å². The molecule has 7 heteroatoms. The first-order valence-electron chi connectivity index (χ1n) is 10.5. The minimum atomic E-state index is -0.650. The molecular formula is C27H26N2O5. The van der Waals surface area contributed by atoms with Crippen molar-refractivity contribution >= 4 is 29.2 Å². The Morgan fingerprint density at radius 3 is 2.15 bits per heavy atom. The lowest BCUT2D eigenvalue weighted by atomic mass is 9.93. The van der Waals surface area contributed by atoms with Gasteiger partial charge in [0, 0.05) is 12.3 Å². The molecule has 1 amide bonds. The second-order valence-corrected chi connectivity index (χ2v) is 7.26. The second-order valence-electron chi connectivity index (χ2n) is 7.26. The molecule has 3 aromatic rings. The Morgan fingerprint density at radius 2 is 1.59 bits per heavy atom. The summed E-state index contributed by atoms with van der Waals surface area (Å²) in [6.45, 7) is 1.75. The van der Waals surface area contributed by atoms with Crippen molar-refractivity contribution < 1.29 is 23.8 Å². The smallest absolute Gasteiger partial charge is 0.338 e. The van der Waals surface area contributed by atoms with Crippen molar-refractivity contribution in [3.63, 3.8) is 0 Å². The number of anilines is 1. The van der Waals surface area contributed by atoms with E-state index in [-0.39, 0.29) is 11.1 Å². The number of hydrogen-bond donors (Lipinski definition) is 1. The molecule has 3 rings (SSSR count). The third-order valence-corrected chi connectivity index (χ3v) is 5.09. The Hall–Kier alpha value is -4.39. The number of amides is 1. The highest BCUT2D eigenvalue weighted by molar-refractivity contribution is 6.19. The van der Waals surface area contributed by atoms with Gasteiger partial charge in [0.05, 0.1) is 44.4 Å². The summed E-state index contributed by atoms with van der Waals surface area (Å²) >= 11 is 0. The predicted molar refractivity (Wildman–Crippen MR) is 131 cm³/mol. The van der Waals surface area contributed by atoms with Gasteiger partial charge in [0.2, 0.25) is 0 Å². The van der Waals surface area contributed by atoms with Crippen LogP contribution in [0.2, 0.25) is 0 Å². The molecule has 0 spiro atoms. The van der Waals surface area contributed by atoms with Gasteiger partial charge in [0.1, 0.15) is 11.5 Å². The van der Waals surface area contributed by atoms with Gasteiger partial charge in [-0.1, -0.05) is 30.3 Å². The van der Waals surface area contributed by atoms with Gasteiger partial charge in [0.25, 0.3) is 5.91 Å². The summed E-state index contributed by atoms with van der Waals surface area (Å²) in [4.78, 5) is 30.5. The summed E-state index contributed by atoms with van der Waals surface area (Å²) in [6, 6.07) is 17.9. The first kappa shape index (κ1) is 24.3. The van der Waals surface area contributed by atoms with E-state index >= 15 is 0 Å². The summed E-state index contributed by atoms with van der Waals surface area (Å²) < 4.78 is 15.8. The maximum Gasteiger partial charge on any atom is 0.338 e. The zero-order valence-electron chi connectivity index (χ0n) is 19.5. The lowest BCUT2D eigenvalue weighted by Gasteiger charge is -2.16. The molecule has 7 nitrogen and oxygen atoms in total. The van der Waals surface area contributed by atoms with Gasteiger partial charge >= 0.3 is 5.97 Å². The molecular weight excluding hydrogens is 432 g/mol. The number of nitrogens with zero attached hydrogens (tertiary/aromatic N) is 1. The first-order chi connectivity index (χ1) is 16.5. The van der Waals surface area contributed by atoms with Crippen molar-refractivity contribution in [3.05, 3.63) is 95.3 Å². The third-order valence-electron chi connectivity index (χ3n) is 5.09. The zero-order valence-corrected chi connectivity index (χ0v) is 19.5. The normalized spacial score (nSPS) is 11.8. The molecule has 0 saturated heterocycles. The average Bonchev–Trinajstić information content (AvgIpc) is 2.88. The van der Waals surface area contributed by atoms with Gasteiger partial charge in [-0.05, 0) is 54.0 Å². The van der Waals surface area contributed by atoms with E-state index in [4.69, 9.17) is 14.2 Å². The van der Waals surface area contributed by atoms with Crippen LogP contribution in [0.3, 0.4) is 0 Å². The van der Waals surface area contributed by atoms with Crippen LogP contribution in [0.5, 0.6) is 11.5 Å². The standard InChI is InChI=1S/C27H26N2O5/c1-18(20-14-22(32-2)16-23(15-20)33-3)25(27(31)34-4)24(13-19-9-6-5-7-10-19)26(30)29-21-11-8-12-28-17-21/h5-17H,1-4H3,(H,29,30)/b24-13+,25-18-. The first-order valence-corrected chi connectivity index (χ1v) is 10.5. The number of hydrogen-bond acceptors (Lipinski definition) is 6. The number of carbonyl (C=O) groups is 2. The van der Waals surface area contributed by atoms with Crippen LogP contribution in [0.15, 0.2) is 84.2 Å². The summed E-state index contributed by atoms with van der Waals surface area (Å²) in [5.41, 5.74) is 2.66. The Balaban J connectivity index is 2.22. The maximum atomic E-state index is 13.5. The number of pyridine rings is 1. The fourth-order valence-corrected chi connectivity index (χ4v) is 3.34. The summed E-state index contributed by atoms with van der Waals surface area (Å²) in [7, 11) is 4.36. The lowest BCUT2D eigenvalue weighted by molar-refractivity contribution is -0.136. The van der Waals surface area contributed by atoms with Crippen molar-refractivity contribution in [2.45, 2.75) is 6.92 Å². The molecule has 0 atom stereocenters. The fraction of sp³-hybridized carbons (Fsp3) is 0.148. The molecule has 0 fully saturated rings. The number of allylic oxidation sites excluding steroid dienone is 1. The van der Waals surface area contributed by atoms with Crippen molar-refractivity contribution in [1.82, 2.24) is 4.98 Å². The van der Waals surface area contributed by atoms with Crippen LogP contribution < -0.4 is 14.8 Å². The van der Waals surface area contributed by atoms with Gasteiger partial charge in [0.15, 0.2) is 0 Å². The molecule has 0 aliphatic heterocycles. The van der Waals surface area contributed by atoms with E-state index in [0.29, 0.717) is 28.3 Å². The van der Waals surface area contributed by atoms with E-state index in [1.165, 1.54) is 13.3 Å². The van der Waals surface area contributed by atoms with Crippen molar-refractivity contribution in [2.75, 3.05) is 26.6 Å². The molecule has 0 aliphatic carbocycles. The highest BCUT2D eigenvalue weighted by Gasteiger charge is 2.25. The van der Waals surface area contributed by atoms with Crippen LogP contribution in [0.1, 0.15) is 18.1 Å². The number of ether oxygens (including phenoxy) is 3. The molecule has 0 aliphatic rings. The number of benzene rings is 2. The number of esters is 1. The summed E-state index contributed by atoms with van der Waals surface area (Å²) in [5.74, 6) is -0.0353. The molecule has 34 heavy (non-hydrogen) atoms. The predicted octanol–water partition coefficient (Wildman–Crippen LogP) is 4.77. The Kier molecular flexibility index (Phi) is 8.18. The van der Waals surface area contributed by atoms with Gasteiger partial charge in [-0.25, -0.2) is 4.79 Å². The minimum Gasteiger partial charge on any atom is -0.497 e. The van der Waals surface area contributed by atoms with E-state index in [1.807, 2.05) is 30.3 Å². The topological polar surface area (TPSA) is 86.8 Å². The van der Waals surface area contributed by atoms with Crippen LogP contribution in [-0.4, -0.2) is 38.2 Å². The van der Waals surface area contributed by atoms with Gasteiger partial charge in [-0.3, -0.25) is 9.78 Å². The van der Waals surface area contributed by atoms with Crippen molar-refractivity contribution in [1.29, 1.82) is 0 Å². The fourth-order valence-electron chi connectivity index (χ4n) is 3.34. The number of methoxy groups -OCH3 is 3. The molecule has 0 unspecified atom stereocenters. The van der Waals surface area contributed by atoms with E-state index in [0.717, 1.165) is 5.56 Å². The van der Waals surface area contributed by atoms with Gasteiger partial charge < -0.3 is 19.5 Å². The molecule has 1 heterocycles. The highest BCUT2D eigenvalue weighted by Crippen LogP contribution is 2.32. The highest BCUT2D eigenvalue weighted by atomic mass is 16.5. The Labute approximate surface area is 198 Å². The van der Waals surface area contributed by atoms with Crippen LogP contribution in [-0.2, 0) is 14.3 Å². The van der Waals surface area contributed by atoms with Gasteiger partial charge in [-0.2, -0.15) is 0 Å². The van der Waals surface area contributed by atoms with Crippen molar-refractivity contribution in [3.8, 4) is 11.5 Å².